The van der Waals surface area contributed by atoms with Crippen LogP contribution in [-0.2, 0) is 9.47 Å². The first-order valence-corrected chi connectivity index (χ1v) is 10.9. The van der Waals surface area contributed by atoms with Crippen LogP contribution in [0.25, 0.3) is 0 Å². The van der Waals surface area contributed by atoms with Gasteiger partial charge < -0.3 is 14.6 Å². The summed E-state index contributed by atoms with van der Waals surface area (Å²) < 4.78 is 11.0. The molecule has 1 N–H and O–H groups in total. The second kappa shape index (κ2) is 18.5. The molecule has 0 aliphatic carbocycles. The number of hydrogen-bond donors (Lipinski definition) is 1. The normalized spacial score (nSPS) is 12.0. The standard InChI is InChI=1S/C20H38O3S2/c1-3-5-7-9-11-13-15-22-19(24)17-18(21)20(25)23-16-14-12-10-8-6-4-2/h18,21H,3-17H2,1-2H3. The summed E-state index contributed by atoms with van der Waals surface area (Å²) >= 11 is 10.3. The molecule has 0 amide bonds. The van der Waals surface area contributed by atoms with Crippen molar-refractivity contribution >= 4 is 34.5 Å². The maximum atomic E-state index is 10.0. The lowest BCUT2D eigenvalue weighted by Gasteiger charge is -2.14. The minimum absolute atomic E-state index is 0.235. The van der Waals surface area contributed by atoms with Crippen LogP contribution in [0.4, 0.5) is 0 Å². The van der Waals surface area contributed by atoms with Crippen LogP contribution in [0.15, 0.2) is 0 Å². The van der Waals surface area contributed by atoms with Crippen molar-refractivity contribution in [1.29, 1.82) is 0 Å². The Kier molecular flexibility index (Phi) is 18.3. The van der Waals surface area contributed by atoms with Gasteiger partial charge in [0.1, 0.15) is 6.10 Å². The van der Waals surface area contributed by atoms with Crippen molar-refractivity contribution in [3.63, 3.8) is 0 Å². The van der Waals surface area contributed by atoms with Crippen LogP contribution in [0, 0.1) is 0 Å². The van der Waals surface area contributed by atoms with Gasteiger partial charge in [-0.2, -0.15) is 0 Å². The number of unbranched alkanes of at least 4 members (excludes halogenated alkanes) is 10. The Balaban J connectivity index is 3.56. The van der Waals surface area contributed by atoms with Gasteiger partial charge in [0.15, 0.2) is 10.1 Å². The monoisotopic (exact) mass is 390 g/mol. The van der Waals surface area contributed by atoms with E-state index in [-0.39, 0.29) is 11.5 Å². The fourth-order valence-electron chi connectivity index (χ4n) is 2.52. The number of ether oxygens (including phenoxy) is 2. The average molecular weight is 391 g/mol. The molecule has 0 heterocycles. The molecule has 0 aromatic carbocycles. The van der Waals surface area contributed by atoms with E-state index in [1.807, 2.05) is 0 Å². The quantitative estimate of drug-likeness (QED) is 0.238. The number of thiocarbonyl (C=S) groups is 2. The topological polar surface area (TPSA) is 38.7 Å². The van der Waals surface area contributed by atoms with Crippen molar-refractivity contribution in [3.05, 3.63) is 0 Å². The van der Waals surface area contributed by atoms with Gasteiger partial charge in [0.05, 0.1) is 19.6 Å². The Morgan fingerprint density at radius 1 is 0.720 bits per heavy atom. The van der Waals surface area contributed by atoms with Crippen molar-refractivity contribution in [1.82, 2.24) is 0 Å². The minimum atomic E-state index is -0.841. The summed E-state index contributed by atoms with van der Waals surface area (Å²) in [6.07, 6.45) is 13.9. The van der Waals surface area contributed by atoms with E-state index in [1.54, 1.807) is 0 Å². The molecular weight excluding hydrogens is 352 g/mol. The van der Waals surface area contributed by atoms with E-state index < -0.39 is 6.10 Å². The van der Waals surface area contributed by atoms with Crippen LogP contribution in [0.3, 0.4) is 0 Å². The predicted molar refractivity (Wildman–Crippen MR) is 114 cm³/mol. The molecule has 148 valence electrons. The molecule has 0 aliphatic heterocycles. The van der Waals surface area contributed by atoms with E-state index in [9.17, 15) is 5.11 Å². The van der Waals surface area contributed by atoms with Crippen molar-refractivity contribution in [2.45, 2.75) is 103 Å². The van der Waals surface area contributed by atoms with Gasteiger partial charge in [0.25, 0.3) is 0 Å². The van der Waals surface area contributed by atoms with Crippen molar-refractivity contribution in [2.24, 2.45) is 0 Å². The average Bonchev–Trinajstić information content (AvgIpc) is 2.59. The Labute approximate surface area is 165 Å². The maximum Gasteiger partial charge on any atom is 0.189 e. The van der Waals surface area contributed by atoms with Crippen LogP contribution in [0.5, 0.6) is 0 Å². The third kappa shape index (κ3) is 16.9. The van der Waals surface area contributed by atoms with Crippen molar-refractivity contribution < 1.29 is 14.6 Å². The molecule has 0 aromatic rings. The van der Waals surface area contributed by atoms with Gasteiger partial charge in [-0.25, -0.2) is 0 Å². The largest absolute Gasteiger partial charge is 0.487 e. The zero-order chi connectivity index (χ0) is 18.8. The van der Waals surface area contributed by atoms with Gasteiger partial charge in [-0.05, 0) is 37.3 Å². The van der Waals surface area contributed by atoms with Crippen LogP contribution >= 0.6 is 24.4 Å². The lowest BCUT2D eigenvalue weighted by atomic mass is 10.1. The zero-order valence-electron chi connectivity index (χ0n) is 16.3. The summed E-state index contributed by atoms with van der Waals surface area (Å²) in [5.74, 6) is 0. The number of rotatable bonds is 17. The SMILES string of the molecule is CCCCCCCCOC(=S)CC(O)C(=S)OCCCCCCCC. The molecule has 1 atom stereocenters. The molecule has 0 radical (unpaired) electrons. The Morgan fingerprint density at radius 2 is 1.16 bits per heavy atom. The van der Waals surface area contributed by atoms with E-state index in [0.29, 0.717) is 18.3 Å². The van der Waals surface area contributed by atoms with Gasteiger partial charge in [-0.1, -0.05) is 78.1 Å². The van der Waals surface area contributed by atoms with Gasteiger partial charge in [-0.3, -0.25) is 0 Å². The van der Waals surface area contributed by atoms with Gasteiger partial charge >= 0.3 is 0 Å². The van der Waals surface area contributed by atoms with E-state index >= 15 is 0 Å². The summed E-state index contributed by atoms with van der Waals surface area (Å²) in [5.41, 5.74) is 0. The molecule has 0 aliphatic rings. The highest BCUT2D eigenvalue weighted by molar-refractivity contribution is 7.80. The number of aliphatic hydroxyl groups excluding tert-OH is 1. The Hall–Kier alpha value is -0.260. The smallest absolute Gasteiger partial charge is 0.189 e. The van der Waals surface area contributed by atoms with E-state index in [2.05, 4.69) is 13.8 Å². The minimum Gasteiger partial charge on any atom is -0.487 e. The molecule has 0 spiro atoms. The van der Waals surface area contributed by atoms with Gasteiger partial charge in [0.2, 0.25) is 0 Å². The highest BCUT2D eigenvalue weighted by Gasteiger charge is 2.15. The Bertz CT molecular complexity index is 335. The second-order valence-corrected chi connectivity index (χ2v) is 7.50. The van der Waals surface area contributed by atoms with Crippen LogP contribution in [0.2, 0.25) is 0 Å². The molecular formula is C20H38O3S2. The first-order valence-electron chi connectivity index (χ1n) is 10.1. The van der Waals surface area contributed by atoms with E-state index in [1.165, 1.54) is 57.8 Å². The van der Waals surface area contributed by atoms with E-state index in [4.69, 9.17) is 33.9 Å². The number of hydrogen-bond acceptors (Lipinski definition) is 5. The summed E-state index contributed by atoms with van der Waals surface area (Å²) in [7, 11) is 0. The predicted octanol–water partition coefficient (Wildman–Crippen LogP) is 6.15. The lowest BCUT2D eigenvalue weighted by Crippen LogP contribution is -2.25. The zero-order valence-corrected chi connectivity index (χ0v) is 17.9. The molecule has 0 fully saturated rings. The first kappa shape index (κ1) is 24.7. The summed E-state index contributed by atoms with van der Waals surface area (Å²) in [4.78, 5) is 0. The highest BCUT2D eigenvalue weighted by Crippen LogP contribution is 2.08. The first-order chi connectivity index (χ1) is 12.1. The summed E-state index contributed by atoms with van der Waals surface area (Å²) in [5, 5.41) is 10.7. The molecule has 0 bridgehead atoms. The molecule has 0 saturated heterocycles. The molecule has 0 aromatic heterocycles. The van der Waals surface area contributed by atoms with Crippen LogP contribution < -0.4 is 0 Å². The number of aliphatic hydroxyl groups is 1. The van der Waals surface area contributed by atoms with Crippen molar-refractivity contribution in [3.8, 4) is 0 Å². The molecule has 3 nitrogen and oxygen atoms in total. The van der Waals surface area contributed by atoms with Crippen LogP contribution in [-0.4, -0.2) is 34.5 Å². The molecule has 1 unspecified atom stereocenters. The lowest BCUT2D eigenvalue weighted by molar-refractivity contribution is 0.186. The van der Waals surface area contributed by atoms with E-state index in [0.717, 1.165) is 19.3 Å². The summed E-state index contributed by atoms with van der Waals surface area (Å²) in [6.45, 7) is 5.63. The highest BCUT2D eigenvalue weighted by atomic mass is 32.1. The van der Waals surface area contributed by atoms with Gasteiger partial charge in [-0.15, -0.1) is 0 Å². The third-order valence-corrected chi connectivity index (χ3v) is 4.81. The van der Waals surface area contributed by atoms with Crippen LogP contribution in [0.1, 0.15) is 97.3 Å². The third-order valence-electron chi connectivity index (χ3n) is 4.14. The van der Waals surface area contributed by atoms with Crippen molar-refractivity contribution in [2.75, 3.05) is 13.2 Å². The second-order valence-electron chi connectivity index (χ2n) is 6.64. The molecule has 5 heteroatoms. The fraction of sp³-hybridized carbons (Fsp3) is 0.900. The summed E-state index contributed by atoms with van der Waals surface area (Å²) in [6, 6.07) is 0. The molecule has 0 rings (SSSR count). The maximum absolute atomic E-state index is 10.0. The van der Waals surface area contributed by atoms with Gasteiger partial charge in [0, 0.05) is 0 Å². The molecule has 0 saturated carbocycles. The molecule has 25 heavy (non-hydrogen) atoms. The Morgan fingerprint density at radius 3 is 1.68 bits per heavy atom. The fourth-order valence-corrected chi connectivity index (χ4v) is 2.93.